The molecule has 0 atom stereocenters. The van der Waals surface area contributed by atoms with E-state index in [4.69, 9.17) is 5.73 Å². The molecule has 1 aliphatic rings. The number of aryl methyl sites for hydroxylation is 1. The van der Waals surface area contributed by atoms with Crippen molar-refractivity contribution in [2.45, 2.75) is 31.1 Å². The van der Waals surface area contributed by atoms with Gasteiger partial charge < -0.3 is 10.6 Å². The van der Waals surface area contributed by atoms with Crippen LogP contribution >= 0.6 is 11.8 Å². The van der Waals surface area contributed by atoms with Gasteiger partial charge in [-0.25, -0.2) is 0 Å². The van der Waals surface area contributed by atoms with Crippen molar-refractivity contribution in [1.29, 1.82) is 0 Å². The van der Waals surface area contributed by atoms with Crippen LogP contribution < -0.4 is 5.73 Å². The van der Waals surface area contributed by atoms with E-state index in [0.717, 1.165) is 31.3 Å². The molecule has 19 heavy (non-hydrogen) atoms. The minimum absolute atomic E-state index is 0.726. The third kappa shape index (κ3) is 4.78. The molecule has 1 aliphatic heterocycles. The normalized spacial score (nSPS) is 16.7. The van der Waals surface area contributed by atoms with E-state index in [2.05, 4.69) is 41.1 Å². The molecule has 1 aromatic carbocycles. The van der Waals surface area contributed by atoms with Gasteiger partial charge in [-0.15, -0.1) is 11.8 Å². The first-order chi connectivity index (χ1) is 9.25. The Morgan fingerprint density at radius 2 is 1.89 bits per heavy atom. The molecule has 0 unspecified atom stereocenters. The standard InChI is InChI=1S/C15H23N3S/c1-13-5-7-14(8-6-13)19-12-9-17-15(16)18-10-3-2-4-11-18/h5-8H,2-4,9-12H2,1H3,(H2,16,17). The Bertz CT molecular complexity index is 408. The summed E-state index contributed by atoms with van der Waals surface area (Å²) in [5.74, 6) is 1.71. The Hall–Kier alpha value is -1.16. The highest BCUT2D eigenvalue weighted by molar-refractivity contribution is 7.99. The maximum Gasteiger partial charge on any atom is 0.191 e. The van der Waals surface area contributed by atoms with Gasteiger partial charge in [-0.1, -0.05) is 17.7 Å². The zero-order valence-corrected chi connectivity index (χ0v) is 12.5. The number of aliphatic imine (C=N–C) groups is 1. The van der Waals surface area contributed by atoms with Crippen LogP contribution in [0.2, 0.25) is 0 Å². The van der Waals surface area contributed by atoms with Crippen LogP contribution in [-0.4, -0.2) is 36.2 Å². The first kappa shape index (κ1) is 14.3. The minimum atomic E-state index is 0.726. The van der Waals surface area contributed by atoms with Crippen molar-refractivity contribution in [1.82, 2.24) is 4.90 Å². The van der Waals surface area contributed by atoms with Crippen LogP contribution in [0.1, 0.15) is 24.8 Å². The number of piperidine rings is 1. The number of benzene rings is 1. The lowest BCUT2D eigenvalue weighted by molar-refractivity contribution is 0.338. The maximum atomic E-state index is 6.01. The van der Waals surface area contributed by atoms with Crippen molar-refractivity contribution in [3.8, 4) is 0 Å². The summed E-state index contributed by atoms with van der Waals surface area (Å²) < 4.78 is 0. The van der Waals surface area contributed by atoms with E-state index >= 15 is 0 Å². The molecular formula is C15H23N3S. The lowest BCUT2D eigenvalue weighted by Crippen LogP contribution is -2.41. The van der Waals surface area contributed by atoms with E-state index in [0.29, 0.717) is 0 Å². The average Bonchev–Trinajstić information content (AvgIpc) is 2.46. The molecule has 1 heterocycles. The Morgan fingerprint density at radius 3 is 2.58 bits per heavy atom. The van der Waals surface area contributed by atoms with E-state index in [9.17, 15) is 0 Å². The summed E-state index contributed by atoms with van der Waals surface area (Å²) in [7, 11) is 0. The largest absolute Gasteiger partial charge is 0.370 e. The quantitative estimate of drug-likeness (QED) is 0.398. The number of hydrogen-bond acceptors (Lipinski definition) is 2. The molecule has 0 saturated carbocycles. The van der Waals surface area contributed by atoms with Gasteiger partial charge in [-0.3, -0.25) is 4.99 Å². The third-order valence-electron chi connectivity index (χ3n) is 3.33. The van der Waals surface area contributed by atoms with Gasteiger partial charge in [0.05, 0.1) is 6.54 Å². The number of likely N-dealkylation sites (tertiary alicyclic amines) is 1. The summed E-state index contributed by atoms with van der Waals surface area (Å²) in [6.45, 7) is 5.04. The fourth-order valence-electron chi connectivity index (χ4n) is 2.18. The van der Waals surface area contributed by atoms with Crippen molar-refractivity contribution in [3.05, 3.63) is 29.8 Å². The zero-order valence-electron chi connectivity index (χ0n) is 11.6. The van der Waals surface area contributed by atoms with Crippen molar-refractivity contribution >= 4 is 17.7 Å². The molecule has 4 heteroatoms. The summed E-state index contributed by atoms with van der Waals surface area (Å²) in [6.07, 6.45) is 3.82. The lowest BCUT2D eigenvalue weighted by Gasteiger charge is -2.27. The number of nitrogens with two attached hydrogens (primary N) is 1. The molecule has 2 N–H and O–H groups in total. The highest BCUT2D eigenvalue weighted by Crippen LogP contribution is 2.17. The number of guanidine groups is 1. The fraction of sp³-hybridized carbons (Fsp3) is 0.533. The van der Waals surface area contributed by atoms with Crippen molar-refractivity contribution in [2.75, 3.05) is 25.4 Å². The number of nitrogens with zero attached hydrogens (tertiary/aromatic N) is 2. The number of hydrogen-bond donors (Lipinski definition) is 1. The SMILES string of the molecule is Cc1ccc(SCCN=C(N)N2CCCCC2)cc1. The van der Waals surface area contributed by atoms with E-state index in [1.54, 1.807) is 0 Å². The summed E-state index contributed by atoms with van der Waals surface area (Å²) in [6, 6.07) is 8.62. The Labute approximate surface area is 120 Å². The van der Waals surface area contributed by atoms with E-state index in [1.165, 1.54) is 29.7 Å². The smallest absolute Gasteiger partial charge is 0.191 e. The molecule has 0 aromatic heterocycles. The van der Waals surface area contributed by atoms with Crippen LogP contribution in [0, 0.1) is 6.92 Å². The fourth-order valence-corrected chi connectivity index (χ4v) is 2.93. The van der Waals surface area contributed by atoms with Crippen LogP contribution in [0.4, 0.5) is 0 Å². The molecule has 1 aromatic rings. The second-order valence-corrected chi connectivity index (χ2v) is 6.12. The summed E-state index contributed by atoms with van der Waals surface area (Å²) in [5, 5.41) is 0. The van der Waals surface area contributed by atoms with Gasteiger partial charge in [0.2, 0.25) is 0 Å². The average molecular weight is 277 g/mol. The van der Waals surface area contributed by atoms with Gasteiger partial charge in [0.15, 0.2) is 5.96 Å². The summed E-state index contributed by atoms with van der Waals surface area (Å²) in [4.78, 5) is 7.99. The number of rotatable bonds is 4. The molecule has 0 bridgehead atoms. The predicted molar refractivity (Wildman–Crippen MR) is 83.8 cm³/mol. The van der Waals surface area contributed by atoms with Gasteiger partial charge in [-0.05, 0) is 38.3 Å². The van der Waals surface area contributed by atoms with Crippen LogP contribution in [0.15, 0.2) is 34.2 Å². The predicted octanol–water partition coefficient (Wildman–Crippen LogP) is 2.89. The highest BCUT2D eigenvalue weighted by Gasteiger charge is 2.11. The van der Waals surface area contributed by atoms with Crippen LogP contribution in [-0.2, 0) is 0 Å². The summed E-state index contributed by atoms with van der Waals surface area (Å²) >= 11 is 1.84. The van der Waals surface area contributed by atoms with E-state index in [1.807, 2.05) is 11.8 Å². The molecule has 0 radical (unpaired) electrons. The van der Waals surface area contributed by atoms with Gasteiger partial charge in [0, 0.05) is 23.7 Å². The first-order valence-electron chi connectivity index (χ1n) is 7.00. The van der Waals surface area contributed by atoms with E-state index in [-0.39, 0.29) is 0 Å². The Kier molecular flexibility index (Phi) is 5.58. The highest BCUT2D eigenvalue weighted by atomic mass is 32.2. The summed E-state index contributed by atoms with van der Waals surface area (Å²) in [5.41, 5.74) is 7.32. The van der Waals surface area contributed by atoms with Gasteiger partial charge in [0.25, 0.3) is 0 Å². The van der Waals surface area contributed by atoms with Crippen LogP contribution in [0.25, 0.3) is 0 Å². The van der Waals surface area contributed by atoms with Gasteiger partial charge in [0.1, 0.15) is 0 Å². The monoisotopic (exact) mass is 277 g/mol. The Balaban J connectivity index is 1.71. The lowest BCUT2D eigenvalue weighted by atomic mass is 10.1. The van der Waals surface area contributed by atoms with Crippen molar-refractivity contribution < 1.29 is 0 Å². The molecule has 1 fully saturated rings. The van der Waals surface area contributed by atoms with Crippen molar-refractivity contribution in [3.63, 3.8) is 0 Å². The van der Waals surface area contributed by atoms with Gasteiger partial charge >= 0.3 is 0 Å². The molecule has 0 aliphatic carbocycles. The number of thioether (sulfide) groups is 1. The second-order valence-electron chi connectivity index (χ2n) is 4.95. The molecule has 2 rings (SSSR count). The first-order valence-corrected chi connectivity index (χ1v) is 7.98. The molecule has 104 valence electrons. The Morgan fingerprint density at radius 1 is 1.21 bits per heavy atom. The molecule has 0 amide bonds. The van der Waals surface area contributed by atoms with Gasteiger partial charge in [-0.2, -0.15) is 0 Å². The zero-order chi connectivity index (χ0) is 13.5. The van der Waals surface area contributed by atoms with Crippen LogP contribution in [0.3, 0.4) is 0 Å². The third-order valence-corrected chi connectivity index (χ3v) is 4.33. The minimum Gasteiger partial charge on any atom is -0.370 e. The maximum absolute atomic E-state index is 6.01. The van der Waals surface area contributed by atoms with Crippen molar-refractivity contribution in [2.24, 2.45) is 10.7 Å². The second kappa shape index (κ2) is 7.43. The molecule has 0 spiro atoms. The van der Waals surface area contributed by atoms with Crippen LogP contribution in [0.5, 0.6) is 0 Å². The molecular weight excluding hydrogens is 254 g/mol. The van der Waals surface area contributed by atoms with E-state index < -0.39 is 0 Å². The molecule has 3 nitrogen and oxygen atoms in total. The molecule has 1 saturated heterocycles. The topological polar surface area (TPSA) is 41.6 Å².